The lowest BCUT2D eigenvalue weighted by atomic mass is 9.72. The van der Waals surface area contributed by atoms with Crippen molar-refractivity contribution in [1.82, 2.24) is 10.2 Å². The molecule has 3 fully saturated rings. The lowest BCUT2D eigenvalue weighted by Gasteiger charge is -2.37. The second kappa shape index (κ2) is 9.39. The average Bonchev–Trinajstić information content (AvgIpc) is 3.28. The van der Waals surface area contributed by atoms with Crippen molar-refractivity contribution in [1.29, 1.82) is 0 Å². The number of likely N-dealkylation sites (tertiary alicyclic amines) is 1. The quantitative estimate of drug-likeness (QED) is 0.508. The molecule has 0 bridgehead atoms. The molecule has 9 heteroatoms. The molecule has 2 saturated heterocycles. The SMILES string of the molecule is COc1cc(C2NC(CC3CCCCC3)(C(=O)O)C3C(=O)N(C(C)(C)C)C(=O)C23)cc(Br)c1OC. The minimum Gasteiger partial charge on any atom is -0.493 e. The molecule has 1 aromatic carbocycles. The van der Waals surface area contributed by atoms with Crippen LogP contribution in [0.1, 0.15) is 70.9 Å². The molecule has 35 heavy (non-hydrogen) atoms. The second-order valence-electron chi connectivity index (χ2n) is 11.0. The number of imide groups is 1. The number of carbonyl (C=O) groups is 3. The number of methoxy groups -OCH3 is 2. The number of carboxylic acids is 1. The highest BCUT2D eigenvalue weighted by Crippen LogP contribution is 2.54. The Morgan fingerprint density at radius 2 is 1.80 bits per heavy atom. The van der Waals surface area contributed by atoms with Crippen molar-refractivity contribution < 1.29 is 29.0 Å². The Morgan fingerprint density at radius 1 is 1.14 bits per heavy atom. The third-order valence-electron chi connectivity index (χ3n) is 7.86. The van der Waals surface area contributed by atoms with Gasteiger partial charge in [-0.25, -0.2) is 0 Å². The van der Waals surface area contributed by atoms with Crippen molar-refractivity contribution in [3.05, 3.63) is 22.2 Å². The number of carbonyl (C=O) groups excluding carboxylic acids is 2. The molecular formula is C26H35BrN2O6. The van der Waals surface area contributed by atoms with Crippen LogP contribution in [0.4, 0.5) is 0 Å². The molecule has 0 spiro atoms. The number of hydrogen-bond donors (Lipinski definition) is 2. The van der Waals surface area contributed by atoms with E-state index in [0.29, 0.717) is 28.0 Å². The molecule has 1 aliphatic carbocycles. The van der Waals surface area contributed by atoms with Crippen LogP contribution < -0.4 is 14.8 Å². The van der Waals surface area contributed by atoms with Crippen LogP contribution in [-0.4, -0.2) is 53.1 Å². The molecule has 4 unspecified atom stereocenters. The van der Waals surface area contributed by atoms with E-state index >= 15 is 0 Å². The van der Waals surface area contributed by atoms with Crippen molar-refractivity contribution in [2.24, 2.45) is 17.8 Å². The van der Waals surface area contributed by atoms with E-state index < -0.39 is 40.8 Å². The smallest absolute Gasteiger partial charge is 0.324 e. The molecule has 1 saturated carbocycles. The number of ether oxygens (including phenoxy) is 2. The molecule has 2 amide bonds. The summed E-state index contributed by atoms with van der Waals surface area (Å²) in [7, 11) is 3.06. The molecule has 2 aliphatic heterocycles. The van der Waals surface area contributed by atoms with Gasteiger partial charge >= 0.3 is 5.97 Å². The molecule has 192 valence electrons. The zero-order valence-corrected chi connectivity index (χ0v) is 22.6. The van der Waals surface area contributed by atoms with Crippen molar-refractivity contribution in [3.8, 4) is 11.5 Å². The van der Waals surface area contributed by atoms with Gasteiger partial charge in [0.25, 0.3) is 0 Å². The fourth-order valence-electron chi connectivity index (χ4n) is 6.39. The summed E-state index contributed by atoms with van der Waals surface area (Å²) in [5, 5.41) is 14.0. The summed E-state index contributed by atoms with van der Waals surface area (Å²) in [6, 6.07) is 2.90. The van der Waals surface area contributed by atoms with E-state index in [4.69, 9.17) is 9.47 Å². The molecular weight excluding hydrogens is 516 g/mol. The highest BCUT2D eigenvalue weighted by atomic mass is 79.9. The Labute approximate surface area is 214 Å². The summed E-state index contributed by atoms with van der Waals surface area (Å²) in [5.74, 6) is -2.46. The summed E-state index contributed by atoms with van der Waals surface area (Å²) in [6.07, 6.45) is 5.46. The lowest BCUT2D eigenvalue weighted by molar-refractivity contribution is -0.154. The molecule has 0 radical (unpaired) electrons. The third-order valence-corrected chi connectivity index (χ3v) is 8.45. The molecule has 3 aliphatic rings. The normalized spacial score (nSPS) is 29.4. The van der Waals surface area contributed by atoms with Gasteiger partial charge in [0.2, 0.25) is 11.8 Å². The van der Waals surface area contributed by atoms with Gasteiger partial charge in [0.05, 0.1) is 30.5 Å². The fourth-order valence-corrected chi connectivity index (χ4v) is 7.01. The summed E-state index contributed by atoms with van der Waals surface area (Å²) in [6.45, 7) is 5.43. The first-order valence-corrected chi connectivity index (χ1v) is 13.1. The summed E-state index contributed by atoms with van der Waals surface area (Å²) >= 11 is 3.51. The number of fused-ring (bicyclic) bond motifs is 1. The highest BCUT2D eigenvalue weighted by Gasteiger charge is 2.69. The number of benzene rings is 1. The number of hydrogen-bond acceptors (Lipinski definition) is 6. The van der Waals surface area contributed by atoms with E-state index in [2.05, 4.69) is 21.2 Å². The highest BCUT2D eigenvalue weighted by molar-refractivity contribution is 9.10. The Balaban J connectivity index is 1.86. The van der Waals surface area contributed by atoms with E-state index in [-0.39, 0.29) is 11.8 Å². The minimum atomic E-state index is -1.52. The van der Waals surface area contributed by atoms with Crippen LogP contribution in [0.25, 0.3) is 0 Å². The zero-order valence-electron chi connectivity index (χ0n) is 21.0. The minimum absolute atomic E-state index is 0.190. The zero-order chi connectivity index (χ0) is 25.7. The standard InChI is InChI=1S/C26H35BrN2O6/c1-25(2,3)29-22(30)18-19(23(29)31)26(24(32)33,13-14-9-7-6-8-10-14)28-20(18)15-11-16(27)21(35-5)17(12-15)34-4/h11-12,14,18-20,28H,6-10,13H2,1-5H3,(H,32,33). The average molecular weight is 551 g/mol. The van der Waals surface area contributed by atoms with Gasteiger partial charge in [-0.05, 0) is 66.7 Å². The van der Waals surface area contributed by atoms with Gasteiger partial charge in [-0.15, -0.1) is 0 Å². The van der Waals surface area contributed by atoms with E-state index in [0.717, 1.165) is 32.1 Å². The van der Waals surface area contributed by atoms with Crippen molar-refractivity contribution in [3.63, 3.8) is 0 Å². The molecule has 2 heterocycles. The number of rotatable bonds is 6. The predicted molar refractivity (Wildman–Crippen MR) is 133 cm³/mol. The molecule has 1 aromatic rings. The monoisotopic (exact) mass is 550 g/mol. The van der Waals surface area contributed by atoms with Gasteiger partial charge in [0.1, 0.15) is 5.54 Å². The van der Waals surface area contributed by atoms with Crippen LogP contribution in [0.3, 0.4) is 0 Å². The number of carboxylic acid groups (broad SMARTS) is 1. The first-order chi connectivity index (χ1) is 16.5. The summed E-state index contributed by atoms with van der Waals surface area (Å²) < 4.78 is 11.6. The van der Waals surface area contributed by atoms with Gasteiger partial charge in [-0.1, -0.05) is 32.1 Å². The number of nitrogens with zero attached hydrogens (tertiary/aromatic N) is 1. The fraction of sp³-hybridized carbons (Fsp3) is 0.654. The number of aliphatic carboxylic acids is 1. The van der Waals surface area contributed by atoms with Gasteiger partial charge in [0, 0.05) is 11.6 Å². The molecule has 2 N–H and O–H groups in total. The molecule has 4 atom stereocenters. The van der Waals surface area contributed by atoms with Crippen molar-refractivity contribution in [2.45, 2.75) is 76.4 Å². The van der Waals surface area contributed by atoms with Gasteiger partial charge in [0.15, 0.2) is 11.5 Å². The van der Waals surface area contributed by atoms with Crippen molar-refractivity contribution in [2.75, 3.05) is 14.2 Å². The van der Waals surface area contributed by atoms with Crippen LogP contribution in [-0.2, 0) is 14.4 Å². The number of halogens is 1. The Kier molecular flexibility index (Phi) is 6.96. The maximum absolute atomic E-state index is 13.8. The Bertz CT molecular complexity index is 1030. The van der Waals surface area contributed by atoms with Crippen LogP contribution in [0, 0.1) is 17.8 Å². The second-order valence-corrected chi connectivity index (χ2v) is 11.9. The molecule has 8 nitrogen and oxygen atoms in total. The van der Waals surface area contributed by atoms with Gasteiger partial charge in [-0.3, -0.25) is 24.6 Å². The van der Waals surface area contributed by atoms with Crippen LogP contribution in [0.15, 0.2) is 16.6 Å². The topological polar surface area (TPSA) is 105 Å². The van der Waals surface area contributed by atoms with E-state index in [1.54, 1.807) is 6.07 Å². The number of nitrogens with one attached hydrogen (secondary N) is 1. The summed E-state index contributed by atoms with van der Waals surface area (Å²) in [4.78, 5) is 41.9. The third kappa shape index (κ3) is 4.24. The number of amides is 2. The maximum Gasteiger partial charge on any atom is 0.324 e. The Morgan fingerprint density at radius 3 is 2.34 bits per heavy atom. The summed E-state index contributed by atoms with van der Waals surface area (Å²) in [5.41, 5.74) is -1.60. The van der Waals surface area contributed by atoms with Crippen LogP contribution in [0.2, 0.25) is 0 Å². The van der Waals surface area contributed by atoms with Gasteiger partial charge < -0.3 is 14.6 Å². The first-order valence-electron chi connectivity index (χ1n) is 12.3. The van der Waals surface area contributed by atoms with E-state index in [9.17, 15) is 19.5 Å². The maximum atomic E-state index is 13.8. The van der Waals surface area contributed by atoms with Gasteiger partial charge in [-0.2, -0.15) is 0 Å². The van der Waals surface area contributed by atoms with E-state index in [1.807, 2.05) is 26.8 Å². The predicted octanol–water partition coefficient (Wildman–Crippen LogP) is 4.30. The van der Waals surface area contributed by atoms with E-state index in [1.165, 1.54) is 19.1 Å². The van der Waals surface area contributed by atoms with Crippen LogP contribution >= 0.6 is 15.9 Å². The van der Waals surface area contributed by atoms with Crippen molar-refractivity contribution >= 4 is 33.7 Å². The molecule has 0 aromatic heterocycles. The lowest BCUT2D eigenvalue weighted by Crippen LogP contribution is -2.58. The Hall–Kier alpha value is -2.13. The largest absolute Gasteiger partial charge is 0.493 e. The molecule has 4 rings (SSSR count). The first kappa shape index (κ1) is 25.9. The van der Waals surface area contributed by atoms with Crippen LogP contribution in [0.5, 0.6) is 11.5 Å².